The molecule has 0 radical (unpaired) electrons. The highest BCUT2D eigenvalue weighted by Crippen LogP contribution is 2.45. The quantitative estimate of drug-likeness (QED) is 0.513. The van der Waals surface area contributed by atoms with Gasteiger partial charge in [0.1, 0.15) is 4.90 Å². The van der Waals surface area contributed by atoms with Crippen molar-refractivity contribution < 1.29 is 17.8 Å². The smallest absolute Gasteiger partial charge is 0.295 e. The van der Waals surface area contributed by atoms with E-state index in [2.05, 4.69) is 0 Å². The third kappa shape index (κ3) is 3.14. The Morgan fingerprint density at radius 3 is 2.33 bits per heavy atom. The Morgan fingerprint density at radius 2 is 1.67 bits per heavy atom. The maximum Gasteiger partial charge on any atom is 0.295 e. The van der Waals surface area contributed by atoms with Crippen molar-refractivity contribution >= 4 is 27.8 Å². The number of carbonyl (C=O) groups excluding carboxylic acids is 1. The maximum atomic E-state index is 12.4. The third-order valence-corrected chi connectivity index (χ3v) is 6.58. The molecule has 0 saturated carbocycles. The summed E-state index contributed by atoms with van der Waals surface area (Å²) in [6, 6.07) is 17.8. The van der Waals surface area contributed by atoms with E-state index in [1.54, 1.807) is 30.3 Å². The van der Waals surface area contributed by atoms with E-state index in [0.717, 1.165) is 10.5 Å². The zero-order valence-electron chi connectivity index (χ0n) is 14.0. The summed E-state index contributed by atoms with van der Waals surface area (Å²) in [5, 5.41) is 0. The molecular formula is C20H15NO4S2. The first-order valence-corrected chi connectivity index (χ1v) is 10.4. The maximum absolute atomic E-state index is 12.4. The van der Waals surface area contributed by atoms with Crippen molar-refractivity contribution in [2.24, 2.45) is 5.73 Å². The van der Waals surface area contributed by atoms with Crippen LogP contribution in [-0.2, 0) is 16.5 Å². The molecule has 3 N–H and O–H groups in total. The van der Waals surface area contributed by atoms with Crippen LogP contribution in [0.5, 0.6) is 0 Å². The van der Waals surface area contributed by atoms with Crippen molar-refractivity contribution in [1.29, 1.82) is 0 Å². The van der Waals surface area contributed by atoms with Gasteiger partial charge < -0.3 is 5.73 Å². The second kappa shape index (κ2) is 6.53. The van der Waals surface area contributed by atoms with Crippen molar-refractivity contribution in [2.45, 2.75) is 21.1 Å². The van der Waals surface area contributed by atoms with E-state index in [1.807, 2.05) is 24.3 Å². The van der Waals surface area contributed by atoms with Gasteiger partial charge in [-0.25, -0.2) is 0 Å². The molecule has 0 saturated heterocycles. The largest absolute Gasteiger partial charge is 0.366 e. The zero-order valence-corrected chi connectivity index (χ0v) is 15.7. The molecule has 1 heterocycles. The summed E-state index contributed by atoms with van der Waals surface area (Å²) in [6.45, 7) is 0. The summed E-state index contributed by atoms with van der Waals surface area (Å²) in [5.41, 5.74) is 8.18. The van der Waals surface area contributed by atoms with Crippen molar-refractivity contribution in [1.82, 2.24) is 0 Å². The minimum Gasteiger partial charge on any atom is -0.366 e. The number of amides is 1. The third-order valence-electron chi connectivity index (χ3n) is 4.50. The fraction of sp³-hybridized carbons (Fsp3) is 0.0500. The van der Waals surface area contributed by atoms with E-state index >= 15 is 0 Å². The van der Waals surface area contributed by atoms with Crippen LogP contribution in [0.3, 0.4) is 0 Å². The van der Waals surface area contributed by atoms with E-state index < -0.39 is 16.0 Å². The number of hydrogen-bond donors (Lipinski definition) is 2. The molecule has 4 rings (SSSR count). The minimum atomic E-state index is -4.57. The Hall–Kier alpha value is -2.61. The van der Waals surface area contributed by atoms with Gasteiger partial charge in [-0.05, 0) is 28.8 Å². The molecule has 1 aliphatic heterocycles. The van der Waals surface area contributed by atoms with Crippen LogP contribution < -0.4 is 5.73 Å². The standard InChI is InChI=1S/C20H15NO4S2/c21-20(22)19-14-10-13-8-4-5-9-15(13)26-16(14)11-17(27(23,24)25)18(19)12-6-2-1-3-7-12/h1-9,11H,10H2,(H2,21,22)(H,23,24,25). The van der Waals surface area contributed by atoms with Crippen LogP contribution in [0, 0.1) is 0 Å². The van der Waals surface area contributed by atoms with Gasteiger partial charge in [0.15, 0.2) is 0 Å². The van der Waals surface area contributed by atoms with Crippen LogP contribution in [0.25, 0.3) is 11.1 Å². The van der Waals surface area contributed by atoms with Crippen molar-refractivity contribution in [3.8, 4) is 11.1 Å². The van der Waals surface area contributed by atoms with Crippen LogP contribution in [0.15, 0.2) is 75.4 Å². The molecule has 0 unspecified atom stereocenters. The number of rotatable bonds is 3. The summed E-state index contributed by atoms with van der Waals surface area (Å²) < 4.78 is 34.1. The molecule has 3 aromatic carbocycles. The van der Waals surface area contributed by atoms with Crippen LogP contribution in [0.1, 0.15) is 21.5 Å². The Labute approximate surface area is 161 Å². The van der Waals surface area contributed by atoms with E-state index in [1.165, 1.54) is 17.8 Å². The number of nitrogens with two attached hydrogens (primary N) is 1. The molecule has 7 heteroatoms. The number of hydrogen-bond acceptors (Lipinski definition) is 4. The number of primary amides is 1. The van der Waals surface area contributed by atoms with Crippen LogP contribution in [-0.4, -0.2) is 18.9 Å². The number of fused-ring (bicyclic) bond motifs is 2. The molecular weight excluding hydrogens is 382 g/mol. The highest BCUT2D eigenvalue weighted by Gasteiger charge is 2.30. The SMILES string of the molecule is NC(=O)c1c2c(cc(S(=O)(=O)O)c1-c1ccccc1)Sc1ccccc1C2. The van der Waals surface area contributed by atoms with Crippen LogP contribution >= 0.6 is 11.8 Å². The Kier molecular flexibility index (Phi) is 4.30. The Balaban J connectivity index is 2.09. The predicted octanol–water partition coefficient (Wildman–Crippen LogP) is 3.75. The van der Waals surface area contributed by atoms with Gasteiger partial charge in [-0.2, -0.15) is 8.42 Å². The lowest BCUT2D eigenvalue weighted by molar-refractivity contribution is 0.0999. The topological polar surface area (TPSA) is 97.5 Å². The van der Waals surface area contributed by atoms with Gasteiger partial charge >= 0.3 is 0 Å². The first-order valence-electron chi connectivity index (χ1n) is 8.14. The molecule has 136 valence electrons. The average molecular weight is 397 g/mol. The molecule has 1 amide bonds. The first kappa shape index (κ1) is 17.8. The normalized spacial score (nSPS) is 12.9. The molecule has 3 aromatic rings. The summed E-state index contributed by atoms with van der Waals surface area (Å²) >= 11 is 1.36. The molecule has 0 spiro atoms. The molecule has 27 heavy (non-hydrogen) atoms. The van der Waals surface area contributed by atoms with Gasteiger partial charge in [-0.3, -0.25) is 9.35 Å². The predicted molar refractivity (Wildman–Crippen MR) is 104 cm³/mol. The van der Waals surface area contributed by atoms with E-state index in [4.69, 9.17) is 5.73 Å². The fourth-order valence-corrected chi connectivity index (χ4v) is 5.32. The van der Waals surface area contributed by atoms with E-state index in [0.29, 0.717) is 22.4 Å². The van der Waals surface area contributed by atoms with Crippen molar-refractivity contribution in [3.63, 3.8) is 0 Å². The zero-order chi connectivity index (χ0) is 19.2. The minimum absolute atomic E-state index is 0.133. The molecule has 0 fully saturated rings. The fourth-order valence-electron chi connectivity index (χ4n) is 3.37. The monoisotopic (exact) mass is 397 g/mol. The summed E-state index contributed by atoms with van der Waals surface area (Å²) in [7, 11) is -4.57. The highest BCUT2D eigenvalue weighted by molar-refractivity contribution is 7.99. The molecule has 0 aromatic heterocycles. The molecule has 5 nitrogen and oxygen atoms in total. The summed E-state index contributed by atoms with van der Waals surface area (Å²) in [6.07, 6.45) is 0.461. The average Bonchev–Trinajstić information content (AvgIpc) is 2.64. The lowest BCUT2D eigenvalue weighted by Crippen LogP contribution is -2.20. The second-order valence-electron chi connectivity index (χ2n) is 6.19. The number of carbonyl (C=O) groups is 1. The molecule has 0 aliphatic carbocycles. The first-order chi connectivity index (χ1) is 12.9. The molecule has 0 atom stereocenters. The second-order valence-corrected chi connectivity index (χ2v) is 8.67. The van der Waals surface area contributed by atoms with E-state index in [9.17, 15) is 17.8 Å². The van der Waals surface area contributed by atoms with Gasteiger partial charge in [0.05, 0.1) is 5.56 Å². The van der Waals surface area contributed by atoms with Crippen molar-refractivity contribution in [3.05, 3.63) is 77.4 Å². The van der Waals surface area contributed by atoms with Gasteiger partial charge in [0.2, 0.25) is 5.91 Å². The van der Waals surface area contributed by atoms with Gasteiger partial charge in [0.25, 0.3) is 10.1 Å². The number of benzene rings is 3. The summed E-state index contributed by atoms with van der Waals surface area (Å²) in [4.78, 5) is 13.7. The lowest BCUT2D eigenvalue weighted by Gasteiger charge is -2.24. The Morgan fingerprint density at radius 1 is 1.00 bits per heavy atom. The van der Waals surface area contributed by atoms with Crippen molar-refractivity contribution in [2.75, 3.05) is 0 Å². The van der Waals surface area contributed by atoms with Gasteiger partial charge in [-0.1, -0.05) is 60.3 Å². The lowest BCUT2D eigenvalue weighted by atomic mass is 9.91. The molecule has 1 aliphatic rings. The highest BCUT2D eigenvalue weighted by atomic mass is 32.2. The van der Waals surface area contributed by atoms with Gasteiger partial charge in [0, 0.05) is 21.8 Å². The van der Waals surface area contributed by atoms with Gasteiger partial charge in [-0.15, -0.1) is 0 Å². The summed E-state index contributed by atoms with van der Waals surface area (Å²) in [5.74, 6) is -0.726. The van der Waals surface area contributed by atoms with Crippen LogP contribution in [0.4, 0.5) is 0 Å². The van der Waals surface area contributed by atoms with Crippen LogP contribution in [0.2, 0.25) is 0 Å². The molecule has 0 bridgehead atoms. The van der Waals surface area contributed by atoms with E-state index in [-0.39, 0.29) is 16.0 Å². The Bertz CT molecular complexity index is 1170.